The zero-order valence-corrected chi connectivity index (χ0v) is 26.1. The van der Waals surface area contributed by atoms with Gasteiger partial charge in [-0.15, -0.1) is 0 Å². The van der Waals surface area contributed by atoms with Crippen molar-refractivity contribution in [1.29, 1.82) is 0 Å². The molecule has 0 radical (unpaired) electrons. The quantitative estimate of drug-likeness (QED) is 0.194. The van der Waals surface area contributed by atoms with Gasteiger partial charge in [0.15, 0.2) is 0 Å². The number of nitrogens with zero attached hydrogens (tertiary/aromatic N) is 3. The molecule has 9 nitrogen and oxygen atoms in total. The molecule has 1 aliphatic rings. The van der Waals surface area contributed by atoms with E-state index in [2.05, 4.69) is 93.6 Å². The molecule has 6 rings (SSSR count). The molecular weight excluding hydrogens is 572 g/mol. The van der Waals surface area contributed by atoms with Gasteiger partial charge in [0.25, 0.3) is 10.0 Å². The van der Waals surface area contributed by atoms with Gasteiger partial charge in [-0.1, -0.05) is 25.1 Å². The van der Waals surface area contributed by atoms with Gasteiger partial charge in [-0.05, 0) is 98.3 Å². The van der Waals surface area contributed by atoms with E-state index in [0.29, 0.717) is 16.7 Å². The van der Waals surface area contributed by atoms with E-state index in [0.717, 1.165) is 76.1 Å². The van der Waals surface area contributed by atoms with E-state index in [1.807, 2.05) is 13.0 Å². The highest BCUT2D eigenvalue weighted by Gasteiger charge is 2.24. The van der Waals surface area contributed by atoms with E-state index in [-0.39, 0.29) is 4.90 Å². The van der Waals surface area contributed by atoms with Gasteiger partial charge in [-0.2, -0.15) is 15.4 Å². The molecule has 0 amide bonds. The van der Waals surface area contributed by atoms with Crippen LogP contribution in [0.2, 0.25) is 0 Å². The van der Waals surface area contributed by atoms with Gasteiger partial charge in [0.05, 0.1) is 10.6 Å². The molecule has 1 aromatic heterocycles. The second kappa shape index (κ2) is 12.1. The first kappa shape index (κ1) is 29.4. The zero-order valence-electron chi connectivity index (χ0n) is 25.3. The molecule has 0 atom stereocenters. The number of rotatable bonds is 10. The third-order valence-electron chi connectivity index (χ3n) is 7.94. The minimum Gasteiger partial charge on any atom is -0.456 e. The number of hydrogen-bond acceptors (Lipinski definition) is 7. The van der Waals surface area contributed by atoms with Gasteiger partial charge in [-0.3, -0.25) is 4.72 Å². The van der Waals surface area contributed by atoms with Crippen molar-refractivity contribution >= 4 is 44.1 Å². The monoisotopic (exact) mass is 608 g/mol. The van der Waals surface area contributed by atoms with Crippen molar-refractivity contribution in [2.24, 2.45) is 0 Å². The Morgan fingerprint density at radius 1 is 0.864 bits per heavy atom. The van der Waals surface area contributed by atoms with Crippen molar-refractivity contribution in [3.63, 3.8) is 0 Å². The maximum absolute atomic E-state index is 13.4. The summed E-state index contributed by atoms with van der Waals surface area (Å²) in [6, 6.07) is 22.9. The van der Waals surface area contributed by atoms with Crippen LogP contribution in [0.4, 0.5) is 11.4 Å². The fraction of sp³-hybridized carbons (Fsp3) is 0.235. The summed E-state index contributed by atoms with van der Waals surface area (Å²) in [6.45, 7) is 11.8. The molecule has 1 aliphatic heterocycles. The average molecular weight is 609 g/mol. The SMILES string of the molecule is CCNCC=c1ccc2c(c1)Oc1cc(N(CC)CC)ccc1C=2c1ccc(S(=O)(=O)Nc2ccc3n[nH]nc3c2)cc1C. The third kappa shape index (κ3) is 5.66. The maximum Gasteiger partial charge on any atom is 0.261 e. The minimum atomic E-state index is -3.85. The van der Waals surface area contributed by atoms with Crippen molar-refractivity contribution in [2.75, 3.05) is 35.8 Å². The Bertz CT molecular complexity index is 2080. The smallest absolute Gasteiger partial charge is 0.261 e. The van der Waals surface area contributed by atoms with Gasteiger partial charge in [-0.25, -0.2) is 8.42 Å². The number of sulfonamides is 1. The van der Waals surface area contributed by atoms with Gasteiger partial charge in [0.1, 0.15) is 22.5 Å². The molecule has 2 heterocycles. The van der Waals surface area contributed by atoms with Crippen molar-refractivity contribution in [2.45, 2.75) is 32.6 Å². The molecule has 44 heavy (non-hydrogen) atoms. The molecule has 0 unspecified atom stereocenters. The summed E-state index contributed by atoms with van der Waals surface area (Å²) in [7, 11) is -3.85. The molecule has 0 saturated carbocycles. The molecule has 3 N–H and O–H groups in total. The fourth-order valence-electron chi connectivity index (χ4n) is 5.63. The fourth-order valence-corrected chi connectivity index (χ4v) is 6.77. The average Bonchev–Trinajstić information content (AvgIpc) is 3.48. The van der Waals surface area contributed by atoms with Crippen molar-refractivity contribution in [3.8, 4) is 11.5 Å². The van der Waals surface area contributed by atoms with Crippen LogP contribution in [0.1, 0.15) is 37.5 Å². The number of aromatic amines is 1. The van der Waals surface area contributed by atoms with E-state index in [4.69, 9.17) is 4.74 Å². The number of fused-ring (bicyclic) bond motifs is 3. The second-order valence-electron chi connectivity index (χ2n) is 10.7. The minimum absolute atomic E-state index is 0.178. The van der Waals surface area contributed by atoms with Crippen LogP contribution in [-0.4, -0.2) is 50.0 Å². The number of hydrogen-bond donors (Lipinski definition) is 3. The lowest BCUT2D eigenvalue weighted by Crippen LogP contribution is -2.23. The third-order valence-corrected chi connectivity index (χ3v) is 9.32. The van der Waals surface area contributed by atoms with Crippen LogP contribution in [0.25, 0.3) is 22.7 Å². The number of H-pyrrole nitrogens is 1. The van der Waals surface area contributed by atoms with Crippen LogP contribution in [-0.2, 0) is 10.0 Å². The zero-order chi connectivity index (χ0) is 30.8. The van der Waals surface area contributed by atoms with Crippen molar-refractivity contribution < 1.29 is 13.2 Å². The number of ether oxygens (including phenoxy) is 1. The predicted molar refractivity (Wildman–Crippen MR) is 176 cm³/mol. The number of benzene rings is 4. The lowest BCUT2D eigenvalue weighted by Gasteiger charge is -2.26. The first-order valence-electron chi connectivity index (χ1n) is 14.9. The van der Waals surface area contributed by atoms with E-state index >= 15 is 0 Å². The lowest BCUT2D eigenvalue weighted by atomic mass is 9.90. The van der Waals surface area contributed by atoms with Crippen molar-refractivity contribution in [3.05, 3.63) is 99.9 Å². The molecule has 0 fully saturated rings. The maximum atomic E-state index is 13.4. The Hall–Kier alpha value is -4.67. The highest BCUT2D eigenvalue weighted by atomic mass is 32.2. The van der Waals surface area contributed by atoms with Gasteiger partial charge in [0.2, 0.25) is 0 Å². The first-order chi connectivity index (χ1) is 21.3. The molecular formula is C34H36N6O3S. The Morgan fingerprint density at radius 2 is 1.66 bits per heavy atom. The van der Waals surface area contributed by atoms with Crippen LogP contribution in [0.3, 0.4) is 0 Å². The van der Waals surface area contributed by atoms with Crippen LogP contribution in [0.15, 0.2) is 77.7 Å². The highest BCUT2D eigenvalue weighted by Crippen LogP contribution is 2.39. The first-order valence-corrected chi connectivity index (χ1v) is 16.4. The topological polar surface area (TPSA) is 112 Å². The van der Waals surface area contributed by atoms with E-state index in [1.54, 1.807) is 30.3 Å². The molecule has 10 heteroatoms. The molecule has 5 aromatic rings. The van der Waals surface area contributed by atoms with Crippen LogP contribution in [0.5, 0.6) is 11.5 Å². The van der Waals surface area contributed by atoms with E-state index < -0.39 is 10.0 Å². The highest BCUT2D eigenvalue weighted by molar-refractivity contribution is 7.92. The Labute approximate surface area is 257 Å². The van der Waals surface area contributed by atoms with Crippen LogP contribution >= 0.6 is 0 Å². The molecule has 4 aromatic carbocycles. The summed E-state index contributed by atoms with van der Waals surface area (Å²) >= 11 is 0. The standard InChI is InChI=1S/C34H36N6O3S/c1-5-35-17-16-23-8-12-28-32(19-23)43-33-21-25(40(6-2)7-3)10-13-29(33)34(28)27-14-11-26(18-22(27)4)44(41,42)38-24-9-15-30-31(20-24)37-39-36-30/h8-16,18-21,35,38H,5-7,17H2,1-4H3,(H,36,37,39). The number of nitrogens with one attached hydrogen (secondary N) is 3. The second-order valence-corrected chi connectivity index (χ2v) is 12.4. The van der Waals surface area contributed by atoms with E-state index in [9.17, 15) is 8.42 Å². The Morgan fingerprint density at radius 3 is 2.43 bits per heavy atom. The summed E-state index contributed by atoms with van der Waals surface area (Å²) in [5, 5.41) is 16.0. The molecule has 0 spiro atoms. The summed E-state index contributed by atoms with van der Waals surface area (Å²) in [4.78, 5) is 2.47. The lowest BCUT2D eigenvalue weighted by molar-refractivity contribution is 0.472. The van der Waals surface area contributed by atoms with Crippen molar-refractivity contribution in [1.82, 2.24) is 20.7 Å². The molecule has 0 aliphatic carbocycles. The Balaban J connectivity index is 1.44. The number of aromatic nitrogens is 3. The Kier molecular flexibility index (Phi) is 8.11. The summed E-state index contributed by atoms with van der Waals surface area (Å²) in [6.07, 6.45) is 2.15. The van der Waals surface area contributed by atoms with Gasteiger partial charge >= 0.3 is 0 Å². The predicted octanol–water partition coefficient (Wildman–Crippen LogP) is 4.66. The summed E-state index contributed by atoms with van der Waals surface area (Å²) in [5.41, 5.74) is 6.51. The van der Waals surface area contributed by atoms with Crippen LogP contribution in [0, 0.1) is 6.92 Å². The molecule has 0 bridgehead atoms. The van der Waals surface area contributed by atoms with Gasteiger partial charge < -0.3 is 15.0 Å². The van der Waals surface area contributed by atoms with E-state index in [1.165, 1.54) is 0 Å². The number of anilines is 2. The molecule has 0 saturated heterocycles. The normalized spacial score (nSPS) is 13.0. The summed E-state index contributed by atoms with van der Waals surface area (Å²) in [5.74, 6) is 1.55. The molecule has 226 valence electrons. The summed E-state index contributed by atoms with van der Waals surface area (Å²) < 4.78 is 36.1. The van der Waals surface area contributed by atoms with Gasteiger partial charge in [0, 0.05) is 47.7 Å². The number of aryl methyl sites for hydroxylation is 1. The largest absolute Gasteiger partial charge is 0.456 e. The van der Waals surface area contributed by atoms with Crippen LogP contribution < -0.4 is 30.1 Å².